The summed E-state index contributed by atoms with van der Waals surface area (Å²) in [5.74, 6) is -0.287. The summed E-state index contributed by atoms with van der Waals surface area (Å²) < 4.78 is 24.7. The third kappa shape index (κ3) is 3.65. The lowest BCUT2D eigenvalue weighted by atomic mass is 9.97. The van der Waals surface area contributed by atoms with Gasteiger partial charge < -0.3 is 18.3 Å². The van der Waals surface area contributed by atoms with Gasteiger partial charge in [0.1, 0.15) is 0 Å². The Kier molecular flexibility index (Phi) is 6.13. The monoisotopic (exact) mass is 512 g/mol. The molecular formula is C27H28O6S2. The normalized spacial score (nSPS) is 14.0. The molecule has 0 amide bonds. The van der Waals surface area contributed by atoms with Crippen LogP contribution in [-0.2, 0) is 9.47 Å². The molecule has 4 aromatic heterocycles. The van der Waals surface area contributed by atoms with E-state index in [9.17, 15) is 9.59 Å². The molecule has 8 heteroatoms. The van der Waals surface area contributed by atoms with Crippen LogP contribution >= 0.6 is 22.7 Å². The molecule has 0 radical (unpaired) electrons. The number of thiophene rings is 2. The second-order valence-corrected chi connectivity index (χ2v) is 11.2. The van der Waals surface area contributed by atoms with Gasteiger partial charge in [-0.1, -0.05) is 0 Å². The van der Waals surface area contributed by atoms with Crippen molar-refractivity contribution >= 4 is 66.3 Å². The van der Waals surface area contributed by atoms with Gasteiger partial charge in [0.05, 0.1) is 22.6 Å². The van der Waals surface area contributed by atoms with Crippen LogP contribution in [0.3, 0.4) is 0 Å². The molecule has 0 bridgehead atoms. The number of aryl methyl sites for hydroxylation is 4. The van der Waals surface area contributed by atoms with Crippen LogP contribution in [0.4, 0.5) is 0 Å². The summed E-state index contributed by atoms with van der Waals surface area (Å²) in [5.41, 5.74) is 7.77. The fourth-order valence-electron chi connectivity index (χ4n) is 5.08. The smallest absolute Gasteiger partial charge is 0.374 e. The zero-order valence-electron chi connectivity index (χ0n) is 20.8. The Morgan fingerprint density at radius 1 is 0.743 bits per heavy atom. The lowest BCUT2D eigenvalue weighted by Crippen LogP contribution is -2.04. The van der Waals surface area contributed by atoms with Crippen LogP contribution in [0.15, 0.2) is 8.83 Å². The SMILES string of the molecule is CCOC(=O)c1oc2c(C3=C(c4c(C)sc5c(C)c(C(=O)OCC)oc45)CCC3)c(C)sc2c1C. The number of rotatable bonds is 6. The first-order valence-electron chi connectivity index (χ1n) is 11.9. The Hall–Kier alpha value is -2.84. The number of hydrogen-bond donors (Lipinski definition) is 0. The standard InChI is InChI=1S/C27H28O6S2/c1-7-30-26(28)20-12(3)24-22(32-20)18(14(5)34-24)16-10-9-11-17(16)19-15(6)35-25-13(4)21(33-23(19)25)27(29)31-8-2/h7-11H2,1-6H3. The summed E-state index contributed by atoms with van der Waals surface area (Å²) in [7, 11) is 0. The quantitative estimate of drug-likeness (QED) is 0.244. The maximum Gasteiger partial charge on any atom is 0.374 e. The van der Waals surface area contributed by atoms with Crippen LogP contribution in [0.25, 0.3) is 31.7 Å². The predicted molar refractivity (Wildman–Crippen MR) is 140 cm³/mol. The first-order chi connectivity index (χ1) is 16.8. The lowest BCUT2D eigenvalue weighted by molar-refractivity contribution is 0.0482. The van der Waals surface area contributed by atoms with Crippen molar-refractivity contribution in [1.82, 2.24) is 0 Å². The highest BCUT2D eigenvalue weighted by molar-refractivity contribution is 7.20. The van der Waals surface area contributed by atoms with Crippen LogP contribution in [0.5, 0.6) is 0 Å². The van der Waals surface area contributed by atoms with Crippen LogP contribution in [0, 0.1) is 27.7 Å². The molecule has 0 unspecified atom stereocenters. The Balaban J connectivity index is 1.70. The Labute approximate surface area is 211 Å². The topological polar surface area (TPSA) is 78.9 Å². The van der Waals surface area contributed by atoms with Gasteiger partial charge in [0.2, 0.25) is 11.5 Å². The number of allylic oxidation sites excluding steroid dienone is 2. The van der Waals surface area contributed by atoms with Crippen molar-refractivity contribution in [2.75, 3.05) is 13.2 Å². The molecule has 0 aromatic carbocycles. The van der Waals surface area contributed by atoms with Crippen LogP contribution in [0.2, 0.25) is 0 Å². The number of carbonyl (C=O) groups excluding carboxylic acids is 2. The second-order valence-electron chi connectivity index (χ2n) is 8.75. The van der Waals surface area contributed by atoms with Gasteiger partial charge in [0, 0.05) is 32.0 Å². The number of fused-ring (bicyclic) bond motifs is 2. The van der Waals surface area contributed by atoms with Gasteiger partial charge in [-0.2, -0.15) is 0 Å². The lowest BCUT2D eigenvalue weighted by Gasteiger charge is -2.08. The summed E-state index contributed by atoms with van der Waals surface area (Å²) in [4.78, 5) is 27.2. The second kappa shape index (κ2) is 8.99. The van der Waals surface area contributed by atoms with E-state index >= 15 is 0 Å². The van der Waals surface area contributed by atoms with E-state index in [2.05, 4.69) is 13.8 Å². The fourth-order valence-corrected chi connectivity index (χ4v) is 7.29. The number of esters is 2. The summed E-state index contributed by atoms with van der Waals surface area (Å²) in [6, 6.07) is 0. The number of ether oxygens (including phenoxy) is 2. The van der Waals surface area contributed by atoms with Gasteiger partial charge in [0.25, 0.3) is 0 Å². The van der Waals surface area contributed by atoms with E-state index in [4.69, 9.17) is 18.3 Å². The minimum absolute atomic E-state index is 0.282. The van der Waals surface area contributed by atoms with E-state index in [1.54, 1.807) is 36.5 Å². The molecule has 5 rings (SSSR count). The van der Waals surface area contributed by atoms with Gasteiger partial charge in [-0.25, -0.2) is 9.59 Å². The van der Waals surface area contributed by atoms with Crippen molar-refractivity contribution < 1.29 is 27.9 Å². The highest BCUT2D eigenvalue weighted by Gasteiger charge is 2.31. The summed E-state index contributed by atoms with van der Waals surface area (Å²) in [6.45, 7) is 12.2. The molecule has 1 aliphatic carbocycles. The van der Waals surface area contributed by atoms with E-state index in [1.807, 2.05) is 13.8 Å². The molecule has 184 valence electrons. The molecule has 6 nitrogen and oxygen atoms in total. The highest BCUT2D eigenvalue weighted by Crippen LogP contribution is 2.51. The van der Waals surface area contributed by atoms with Crippen LogP contribution in [-0.4, -0.2) is 25.2 Å². The highest BCUT2D eigenvalue weighted by atomic mass is 32.1. The van der Waals surface area contributed by atoms with Gasteiger partial charge in [-0.05, 0) is 72.0 Å². The average molecular weight is 513 g/mol. The van der Waals surface area contributed by atoms with Gasteiger partial charge in [-0.3, -0.25) is 0 Å². The number of hydrogen-bond acceptors (Lipinski definition) is 8. The average Bonchev–Trinajstić information content (AvgIpc) is 3.59. The molecular weight excluding hydrogens is 484 g/mol. The van der Waals surface area contributed by atoms with Crippen molar-refractivity contribution in [1.29, 1.82) is 0 Å². The van der Waals surface area contributed by atoms with Crippen LogP contribution < -0.4 is 0 Å². The zero-order chi connectivity index (χ0) is 25.0. The van der Waals surface area contributed by atoms with E-state index in [1.165, 1.54) is 20.9 Å². The van der Waals surface area contributed by atoms with E-state index in [-0.39, 0.29) is 11.5 Å². The fraction of sp³-hybridized carbons (Fsp3) is 0.407. The Morgan fingerprint density at radius 2 is 1.14 bits per heavy atom. The van der Waals surface area contributed by atoms with E-state index in [0.717, 1.165) is 62.1 Å². The van der Waals surface area contributed by atoms with Gasteiger partial charge in [-0.15, -0.1) is 22.7 Å². The molecule has 1 aliphatic rings. The van der Waals surface area contributed by atoms with E-state index < -0.39 is 11.9 Å². The van der Waals surface area contributed by atoms with Crippen molar-refractivity contribution in [2.45, 2.75) is 60.8 Å². The van der Waals surface area contributed by atoms with Crippen LogP contribution in [0.1, 0.15) is 86.2 Å². The summed E-state index contributed by atoms with van der Waals surface area (Å²) >= 11 is 3.31. The molecule has 0 saturated heterocycles. The number of carbonyl (C=O) groups is 2. The van der Waals surface area contributed by atoms with Crippen molar-refractivity contribution in [2.24, 2.45) is 0 Å². The largest absolute Gasteiger partial charge is 0.460 e. The predicted octanol–water partition coefficient (Wildman–Crippen LogP) is 7.98. The third-order valence-electron chi connectivity index (χ3n) is 6.59. The molecule has 35 heavy (non-hydrogen) atoms. The minimum Gasteiger partial charge on any atom is -0.460 e. The summed E-state index contributed by atoms with van der Waals surface area (Å²) in [5, 5.41) is 0. The molecule has 0 fully saturated rings. The maximum absolute atomic E-state index is 12.5. The minimum atomic E-state index is -0.425. The first-order valence-corrected chi connectivity index (χ1v) is 13.5. The molecule has 0 atom stereocenters. The maximum atomic E-state index is 12.5. The molecule has 0 spiro atoms. The third-order valence-corrected chi connectivity index (χ3v) is 9.01. The van der Waals surface area contributed by atoms with Crippen molar-refractivity contribution in [3.05, 3.63) is 43.5 Å². The Bertz CT molecular complexity index is 1410. The molecule has 0 aliphatic heterocycles. The van der Waals surface area contributed by atoms with Gasteiger partial charge >= 0.3 is 11.9 Å². The van der Waals surface area contributed by atoms with E-state index in [0.29, 0.717) is 13.2 Å². The van der Waals surface area contributed by atoms with Crippen molar-refractivity contribution in [3.63, 3.8) is 0 Å². The molecule has 0 N–H and O–H groups in total. The number of furan rings is 2. The molecule has 4 aromatic rings. The van der Waals surface area contributed by atoms with Gasteiger partial charge in [0.15, 0.2) is 11.2 Å². The summed E-state index contributed by atoms with van der Waals surface area (Å²) in [6.07, 6.45) is 2.85. The zero-order valence-corrected chi connectivity index (χ0v) is 22.4. The van der Waals surface area contributed by atoms with Crippen molar-refractivity contribution in [3.8, 4) is 0 Å². The first kappa shape index (κ1) is 23.9. The molecule has 4 heterocycles. The Morgan fingerprint density at radius 3 is 1.51 bits per heavy atom. The molecule has 0 saturated carbocycles.